The lowest BCUT2D eigenvalue weighted by Crippen LogP contribution is -1.97. The zero-order valence-electron chi connectivity index (χ0n) is 16.5. The Morgan fingerprint density at radius 3 is 2.00 bits per heavy atom. The first-order valence-corrected chi connectivity index (χ1v) is 10.3. The summed E-state index contributed by atoms with van der Waals surface area (Å²) in [6.45, 7) is 3.24. The molecule has 1 N–H and O–H groups in total. The molecule has 0 saturated carbocycles. The van der Waals surface area contributed by atoms with Crippen LogP contribution in [0.25, 0.3) is 0 Å². The van der Waals surface area contributed by atoms with Gasteiger partial charge in [-0.1, -0.05) is 50.2 Å². The van der Waals surface area contributed by atoms with E-state index < -0.39 is 0 Å². The highest BCUT2D eigenvalue weighted by Gasteiger charge is 1.96. The first-order chi connectivity index (χ1) is 13.3. The van der Waals surface area contributed by atoms with Gasteiger partial charge in [-0.2, -0.15) is 0 Å². The van der Waals surface area contributed by atoms with Crippen molar-refractivity contribution < 1.29 is 9.84 Å². The number of rotatable bonds is 11. The third-order valence-corrected chi connectivity index (χ3v) is 4.55. The molecular weight excluding hydrogens is 332 g/mol. The molecule has 2 heteroatoms. The minimum absolute atomic E-state index is 0.284. The standard InChI is InChI=1S/C25H32O2/c1-2-3-6-9-22-10-12-23(13-11-22)14-15-24-16-18-25(19-17-24)27-21-8-5-4-7-20-26/h10-13,16-19,26H,2-9,20-21H2,1H3. The Morgan fingerprint density at radius 2 is 1.37 bits per heavy atom. The number of aliphatic hydroxyl groups is 1. The number of aryl methyl sites for hydroxylation is 1. The van der Waals surface area contributed by atoms with Crippen molar-refractivity contribution in [2.45, 2.75) is 58.3 Å². The van der Waals surface area contributed by atoms with Gasteiger partial charge in [0.15, 0.2) is 0 Å². The monoisotopic (exact) mass is 364 g/mol. The summed E-state index contributed by atoms with van der Waals surface area (Å²) in [4.78, 5) is 0. The maximum Gasteiger partial charge on any atom is 0.119 e. The number of hydrogen-bond acceptors (Lipinski definition) is 2. The lowest BCUT2D eigenvalue weighted by atomic mass is 10.1. The summed E-state index contributed by atoms with van der Waals surface area (Å²) in [7, 11) is 0. The summed E-state index contributed by atoms with van der Waals surface area (Å²) in [6.07, 6.45) is 9.05. The van der Waals surface area contributed by atoms with Gasteiger partial charge in [-0.05, 0) is 74.1 Å². The first-order valence-electron chi connectivity index (χ1n) is 10.3. The van der Waals surface area contributed by atoms with Gasteiger partial charge in [-0.15, -0.1) is 0 Å². The lowest BCUT2D eigenvalue weighted by Gasteiger charge is -2.05. The van der Waals surface area contributed by atoms with Crippen LogP contribution in [0.15, 0.2) is 48.5 Å². The van der Waals surface area contributed by atoms with Gasteiger partial charge in [0.25, 0.3) is 0 Å². The Balaban J connectivity index is 1.77. The highest BCUT2D eigenvalue weighted by atomic mass is 16.5. The van der Waals surface area contributed by atoms with Crippen LogP contribution in [-0.2, 0) is 6.42 Å². The maximum atomic E-state index is 8.75. The van der Waals surface area contributed by atoms with Crippen LogP contribution in [0, 0.1) is 11.8 Å². The predicted octanol–water partition coefficient (Wildman–Crippen LogP) is 5.75. The molecule has 0 aliphatic rings. The van der Waals surface area contributed by atoms with Crippen LogP contribution in [0.4, 0.5) is 0 Å². The summed E-state index contributed by atoms with van der Waals surface area (Å²) >= 11 is 0. The third kappa shape index (κ3) is 8.80. The largest absolute Gasteiger partial charge is 0.494 e. The quantitative estimate of drug-likeness (QED) is 0.406. The van der Waals surface area contributed by atoms with E-state index in [0.717, 1.165) is 55.6 Å². The topological polar surface area (TPSA) is 29.5 Å². The first kappa shape index (κ1) is 21.1. The van der Waals surface area contributed by atoms with Crippen LogP contribution in [0.2, 0.25) is 0 Å². The van der Waals surface area contributed by atoms with Crippen LogP contribution in [0.3, 0.4) is 0 Å². The van der Waals surface area contributed by atoms with Crippen LogP contribution >= 0.6 is 0 Å². The molecule has 0 atom stereocenters. The van der Waals surface area contributed by atoms with Gasteiger partial charge in [0, 0.05) is 17.7 Å². The molecule has 2 rings (SSSR count). The van der Waals surface area contributed by atoms with Gasteiger partial charge >= 0.3 is 0 Å². The highest BCUT2D eigenvalue weighted by molar-refractivity contribution is 5.44. The molecule has 0 heterocycles. The summed E-state index contributed by atoms with van der Waals surface area (Å²) < 4.78 is 5.75. The number of aliphatic hydroxyl groups excluding tert-OH is 1. The molecule has 0 radical (unpaired) electrons. The van der Waals surface area contributed by atoms with Gasteiger partial charge in [0.1, 0.15) is 5.75 Å². The molecule has 0 bridgehead atoms. The molecule has 0 aliphatic carbocycles. The van der Waals surface area contributed by atoms with E-state index in [9.17, 15) is 0 Å². The van der Waals surface area contributed by atoms with Crippen molar-refractivity contribution in [1.82, 2.24) is 0 Å². The molecule has 144 valence electrons. The van der Waals surface area contributed by atoms with Crippen molar-refractivity contribution >= 4 is 0 Å². The minimum atomic E-state index is 0.284. The molecule has 0 aliphatic heterocycles. The summed E-state index contributed by atoms with van der Waals surface area (Å²) in [6, 6.07) is 16.6. The van der Waals surface area contributed by atoms with E-state index in [-0.39, 0.29) is 6.61 Å². The smallest absolute Gasteiger partial charge is 0.119 e. The summed E-state index contributed by atoms with van der Waals surface area (Å²) in [5.41, 5.74) is 3.45. The molecule has 0 amide bonds. The van der Waals surface area contributed by atoms with Crippen LogP contribution < -0.4 is 4.74 Å². The van der Waals surface area contributed by atoms with Crippen LogP contribution in [0.1, 0.15) is 68.6 Å². The van der Waals surface area contributed by atoms with Gasteiger partial charge in [-0.3, -0.25) is 0 Å². The van der Waals surface area contributed by atoms with Crippen molar-refractivity contribution in [3.63, 3.8) is 0 Å². The van der Waals surface area contributed by atoms with E-state index in [1.165, 1.54) is 24.8 Å². The fraction of sp³-hybridized carbons (Fsp3) is 0.440. The molecule has 0 unspecified atom stereocenters. The highest BCUT2D eigenvalue weighted by Crippen LogP contribution is 2.13. The maximum absolute atomic E-state index is 8.75. The Bertz CT molecular complexity index is 690. The summed E-state index contributed by atoms with van der Waals surface area (Å²) in [5.74, 6) is 7.34. The molecule has 0 saturated heterocycles. The van der Waals surface area contributed by atoms with E-state index in [1.807, 2.05) is 24.3 Å². The van der Waals surface area contributed by atoms with Gasteiger partial charge < -0.3 is 9.84 Å². The van der Waals surface area contributed by atoms with Gasteiger partial charge in [0.2, 0.25) is 0 Å². The normalized spacial score (nSPS) is 10.3. The molecular formula is C25H32O2. The van der Waals surface area contributed by atoms with Gasteiger partial charge in [-0.25, -0.2) is 0 Å². The fourth-order valence-corrected chi connectivity index (χ4v) is 2.87. The van der Waals surface area contributed by atoms with E-state index in [2.05, 4.69) is 43.0 Å². The van der Waals surface area contributed by atoms with Crippen LogP contribution in [-0.4, -0.2) is 18.3 Å². The molecule has 2 aromatic carbocycles. The lowest BCUT2D eigenvalue weighted by molar-refractivity contribution is 0.273. The van der Waals surface area contributed by atoms with Gasteiger partial charge in [0.05, 0.1) is 6.61 Å². The number of ether oxygens (including phenoxy) is 1. The summed E-state index contributed by atoms with van der Waals surface area (Å²) in [5, 5.41) is 8.75. The van der Waals surface area contributed by atoms with E-state index in [1.54, 1.807) is 0 Å². The van der Waals surface area contributed by atoms with Crippen molar-refractivity contribution in [2.75, 3.05) is 13.2 Å². The van der Waals surface area contributed by atoms with Crippen molar-refractivity contribution in [2.24, 2.45) is 0 Å². The second-order valence-corrected chi connectivity index (χ2v) is 6.91. The number of hydrogen-bond donors (Lipinski definition) is 1. The SMILES string of the molecule is CCCCCc1ccc(C#Cc2ccc(OCCCCCCO)cc2)cc1. The second kappa shape index (κ2) is 13.0. The van der Waals surface area contributed by atoms with Crippen molar-refractivity contribution in [3.8, 4) is 17.6 Å². The van der Waals surface area contributed by atoms with Crippen molar-refractivity contribution in [1.29, 1.82) is 0 Å². The van der Waals surface area contributed by atoms with E-state index in [0.29, 0.717) is 0 Å². The van der Waals surface area contributed by atoms with E-state index in [4.69, 9.17) is 9.84 Å². The molecule has 2 nitrogen and oxygen atoms in total. The Labute approximate surface area is 164 Å². The van der Waals surface area contributed by atoms with Crippen LogP contribution in [0.5, 0.6) is 5.75 Å². The molecule has 0 spiro atoms. The Morgan fingerprint density at radius 1 is 0.741 bits per heavy atom. The minimum Gasteiger partial charge on any atom is -0.494 e. The second-order valence-electron chi connectivity index (χ2n) is 6.91. The molecule has 0 aromatic heterocycles. The number of unbranched alkanes of at least 4 members (excludes halogenated alkanes) is 5. The zero-order chi connectivity index (χ0) is 19.2. The molecule has 2 aromatic rings. The molecule has 0 fully saturated rings. The molecule has 27 heavy (non-hydrogen) atoms. The fourth-order valence-electron chi connectivity index (χ4n) is 2.87. The Hall–Kier alpha value is -2.24. The predicted molar refractivity (Wildman–Crippen MR) is 113 cm³/mol. The Kier molecular flexibility index (Phi) is 10.1. The number of benzene rings is 2. The average molecular weight is 365 g/mol. The van der Waals surface area contributed by atoms with Crippen molar-refractivity contribution in [3.05, 3.63) is 65.2 Å². The average Bonchev–Trinajstić information content (AvgIpc) is 2.71. The van der Waals surface area contributed by atoms with E-state index >= 15 is 0 Å². The third-order valence-electron chi connectivity index (χ3n) is 4.55. The zero-order valence-corrected chi connectivity index (χ0v) is 16.5.